The zero-order chi connectivity index (χ0) is 17.7. The molecule has 6 nitrogen and oxygen atoms in total. The Morgan fingerprint density at radius 2 is 1.88 bits per heavy atom. The van der Waals surface area contributed by atoms with Crippen molar-refractivity contribution >= 4 is 11.8 Å². The van der Waals surface area contributed by atoms with Crippen molar-refractivity contribution in [2.24, 2.45) is 0 Å². The average Bonchev–Trinajstić information content (AvgIpc) is 3.00. The molecule has 1 aromatic heterocycles. The van der Waals surface area contributed by atoms with Crippen molar-refractivity contribution < 1.29 is 19.1 Å². The van der Waals surface area contributed by atoms with E-state index < -0.39 is 11.6 Å². The normalized spacial score (nSPS) is 14.5. The van der Waals surface area contributed by atoms with Crippen molar-refractivity contribution in [2.75, 3.05) is 6.54 Å². The van der Waals surface area contributed by atoms with Crippen LogP contribution in [0.4, 0.5) is 0 Å². The van der Waals surface area contributed by atoms with Gasteiger partial charge in [0.2, 0.25) is 5.91 Å². The van der Waals surface area contributed by atoms with Crippen LogP contribution in [0.25, 0.3) is 0 Å². The zero-order valence-electron chi connectivity index (χ0n) is 14.0. The van der Waals surface area contributed by atoms with Crippen LogP contribution in [-0.2, 0) is 10.4 Å². The first-order valence-corrected chi connectivity index (χ1v) is 7.72. The molecule has 0 radical (unpaired) electrons. The van der Waals surface area contributed by atoms with E-state index in [0.29, 0.717) is 17.1 Å². The maximum Gasteiger partial charge on any atom is 0.251 e. The Kier molecular flexibility index (Phi) is 5.41. The Hall–Kier alpha value is -2.60. The van der Waals surface area contributed by atoms with Gasteiger partial charge in [0, 0.05) is 5.56 Å². The number of nitrogens with one attached hydrogen (secondary N) is 2. The molecule has 0 spiro atoms. The number of aryl methyl sites for hydroxylation is 1. The Morgan fingerprint density at radius 3 is 2.46 bits per heavy atom. The molecule has 0 aliphatic heterocycles. The summed E-state index contributed by atoms with van der Waals surface area (Å²) in [5.74, 6) is 0.343. The van der Waals surface area contributed by atoms with Crippen LogP contribution in [0.5, 0.6) is 0 Å². The van der Waals surface area contributed by atoms with Crippen LogP contribution in [-0.4, -0.2) is 29.5 Å². The molecule has 128 valence electrons. The van der Waals surface area contributed by atoms with Crippen LogP contribution < -0.4 is 10.6 Å². The number of benzene rings is 1. The maximum atomic E-state index is 12.1. The van der Waals surface area contributed by atoms with Gasteiger partial charge in [-0.05, 0) is 45.0 Å². The van der Waals surface area contributed by atoms with Gasteiger partial charge in [0.15, 0.2) is 0 Å². The molecular formula is C18H22N2O4. The lowest BCUT2D eigenvalue weighted by Gasteiger charge is -2.22. The molecule has 0 aliphatic rings. The van der Waals surface area contributed by atoms with Gasteiger partial charge < -0.3 is 20.2 Å². The van der Waals surface area contributed by atoms with Gasteiger partial charge in [0.25, 0.3) is 5.91 Å². The molecule has 1 aromatic carbocycles. The number of amides is 2. The van der Waals surface area contributed by atoms with Crippen molar-refractivity contribution in [1.82, 2.24) is 10.6 Å². The summed E-state index contributed by atoms with van der Waals surface area (Å²) in [4.78, 5) is 24.2. The average molecular weight is 330 g/mol. The van der Waals surface area contributed by atoms with Gasteiger partial charge in [-0.3, -0.25) is 9.59 Å². The van der Waals surface area contributed by atoms with Crippen molar-refractivity contribution in [3.63, 3.8) is 0 Å². The van der Waals surface area contributed by atoms with Crippen molar-refractivity contribution in [1.29, 1.82) is 0 Å². The maximum absolute atomic E-state index is 12.1. The fourth-order valence-electron chi connectivity index (χ4n) is 2.16. The molecule has 0 saturated heterocycles. The highest BCUT2D eigenvalue weighted by Gasteiger charge is 2.28. The van der Waals surface area contributed by atoms with Crippen LogP contribution >= 0.6 is 0 Å². The van der Waals surface area contributed by atoms with E-state index in [1.54, 1.807) is 57.2 Å². The van der Waals surface area contributed by atoms with Gasteiger partial charge in [-0.25, -0.2) is 0 Å². The predicted octanol–water partition coefficient (Wildman–Crippen LogP) is 1.73. The quantitative estimate of drug-likeness (QED) is 0.752. The van der Waals surface area contributed by atoms with Crippen LogP contribution in [0, 0.1) is 6.92 Å². The summed E-state index contributed by atoms with van der Waals surface area (Å²) in [5.41, 5.74) is -0.845. The number of furan rings is 1. The van der Waals surface area contributed by atoms with E-state index in [2.05, 4.69) is 10.6 Å². The van der Waals surface area contributed by atoms with Crippen LogP contribution in [0.1, 0.15) is 35.7 Å². The van der Waals surface area contributed by atoms with Crippen LogP contribution in [0.15, 0.2) is 46.9 Å². The smallest absolute Gasteiger partial charge is 0.251 e. The Labute approximate surface area is 140 Å². The molecule has 0 bridgehead atoms. The molecular weight excluding hydrogens is 308 g/mol. The third-order valence-corrected chi connectivity index (χ3v) is 3.65. The Morgan fingerprint density at radius 1 is 1.21 bits per heavy atom. The van der Waals surface area contributed by atoms with Gasteiger partial charge in [-0.2, -0.15) is 0 Å². The summed E-state index contributed by atoms with van der Waals surface area (Å²) in [6, 6.07) is 11.3. The second-order valence-electron chi connectivity index (χ2n) is 5.96. The van der Waals surface area contributed by atoms with E-state index >= 15 is 0 Å². The monoisotopic (exact) mass is 330 g/mol. The number of hydrogen-bond acceptors (Lipinski definition) is 4. The van der Waals surface area contributed by atoms with Gasteiger partial charge in [0.1, 0.15) is 23.2 Å². The zero-order valence-corrected chi connectivity index (χ0v) is 14.0. The lowest BCUT2D eigenvalue weighted by atomic mass is 10.0. The third-order valence-electron chi connectivity index (χ3n) is 3.65. The van der Waals surface area contributed by atoms with E-state index in [9.17, 15) is 14.7 Å². The van der Waals surface area contributed by atoms with Gasteiger partial charge in [0.05, 0.1) is 6.54 Å². The predicted molar refractivity (Wildman–Crippen MR) is 89.4 cm³/mol. The highest BCUT2D eigenvalue weighted by Crippen LogP contribution is 2.21. The number of aliphatic hydroxyl groups is 1. The fraction of sp³-hybridized carbons (Fsp3) is 0.333. The van der Waals surface area contributed by atoms with Crippen molar-refractivity contribution in [3.05, 3.63) is 59.5 Å². The summed E-state index contributed by atoms with van der Waals surface area (Å²) < 4.78 is 5.39. The Balaban J connectivity index is 1.88. The second-order valence-corrected chi connectivity index (χ2v) is 5.96. The minimum absolute atomic E-state index is 0.0235. The highest BCUT2D eigenvalue weighted by molar-refractivity contribution is 5.97. The topological polar surface area (TPSA) is 91.6 Å². The molecule has 0 aliphatic carbocycles. The first-order valence-electron chi connectivity index (χ1n) is 7.72. The molecule has 1 heterocycles. The van der Waals surface area contributed by atoms with Gasteiger partial charge in [-0.1, -0.05) is 18.2 Å². The summed E-state index contributed by atoms with van der Waals surface area (Å²) in [6.07, 6.45) is 0. The molecule has 0 fully saturated rings. The summed E-state index contributed by atoms with van der Waals surface area (Å²) in [6.45, 7) is 4.89. The largest absolute Gasteiger partial charge is 0.463 e. The van der Waals surface area contributed by atoms with Crippen molar-refractivity contribution in [3.8, 4) is 0 Å². The second kappa shape index (κ2) is 7.31. The standard InChI is InChI=1S/C18H22N2O4/c1-12-9-10-15(24-12)18(3,23)11-19-16(21)13(2)20-17(22)14-7-5-4-6-8-14/h4-10,13,23H,11H2,1-3H3,(H,19,21)(H,20,22). The number of carbonyl (C=O) groups excluding carboxylic acids is 2. The highest BCUT2D eigenvalue weighted by atomic mass is 16.4. The van der Waals surface area contributed by atoms with Crippen LogP contribution in [0.2, 0.25) is 0 Å². The number of carbonyl (C=O) groups is 2. The first kappa shape index (κ1) is 17.7. The molecule has 2 aromatic rings. The summed E-state index contributed by atoms with van der Waals surface area (Å²) in [5, 5.41) is 15.6. The minimum atomic E-state index is -1.33. The summed E-state index contributed by atoms with van der Waals surface area (Å²) in [7, 11) is 0. The SMILES string of the molecule is Cc1ccc(C(C)(O)CNC(=O)C(C)NC(=O)c2ccccc2)o1. The molecule has 2 unspecified atom stereocenters. The van der Waals surface area contributed by atoms with Crippen LogP contribution in [0.3, 0.4) is 0 Å². The van der Waals surface area contributed by atoms with E-state index in [1.165, 1.54) is 0 Å². The van der Waals surface area contributed by atoms with E-state index in [0.717, 1.165) is 0 Å². The molecule has 24 heavy (non-hydrogen) atoms. The lowest BCUT2D eigenvalue weighted by molar-refractivity contribution is -0.123. The molecule has 2 atom stereocenters. The molecule has 6 heteroatoms. The van der Waals surface area contributed by atoms with Gasteiger partial charge in [-0.15, -0.1) is 0 Å². The lowest BCUT2D eigenvalue weighted by Crippen LogP contribution is -2.48. The molecule has 2 rings (SSSR count). The van der Waals surface area contributed by atoms with Gasteiger partial charge >= 0.3 is 0 Å². The van der Waals surface area contributed by atoms with E-state index in [4.69, 9.17) is 4.42 Å². The fourth-order valence-corrected chi connectivity index (χ4v) is 2.16. The Bertz CT molecular complexity index is 707. The molecule has 0 saturated carbocycles. The van der Waals surface area contributed by atoms with Crippen molar-refractivity contribution in [2.45, 2.75) is 32.4 Å². The van der Waals surface area contributed by atoms with E-state index in [-0.39, 0.29) is 18.4 Å². The number of hydrogen-bond donors (Lipinski definition) is 3. The summed E-state index contributed by atoms with van der Waals surface area (Å²) >= 11 is 0. The minimum Gasteiger partial charge on any atom is -0.463 e. The first-order chi connectivity index (χ1) is 11.3. The number of rotatable bonds is 6. The molecule has 2 amide bonds. The van der Waals surface area contributed by atoms with E-state index in [1.807, 2.05) is 6.07 Å². The molecule has 3 N–H and O–H groups in total. The third kappa shape index (κ3) is 4.45.